The second-order valence-corrected chi connectivity index (χ2v) is 7.18. The first-order valence-corrected chi connectivity index (χ1v) is 9.40. The summed E-state index contributed by atoms with van der Waals surface area (Å²) in [6.07, 6.45) is 1.47. The summed E-state index contributed by atoms with van der Waals surface area (Å²) in [6.45, 7) is 2.15. The van der Waals surface area contributed by atoms with Crippen molar-refractivity contribution in [3.8, 4) is 5.75 Å². The topological polar surface area (TPSA) is 94.4 Å². The summed E-state index contributed by atoms with van der Waals surface area (Å²) < 4.78 is 4.11. The van der Waals surface area contributed by atoms with Gasteiger partial charge < -0.3 is 9.67 Å². The molecule has 0 atom stereocenters. The Labute approximate surface area is 172 Å². The molecule has 4 aromatic rings. The number of hydrogen-bond acceptors (Lipinski definition) is 5. The van der Waals surface area contributed by atoms with Crippen molar-refractivity contribution in [2.75, 3.05) is 0 Å². The van der Waals surface area contributed by atoms with E-state index in [4.69, 9.17) is 0 Å². The average Bonchev–Trinajstić information content (AvgIpc) is 3.07. The molecule has 0 fully saturated rings. The number of aliphatic imine (C=N–C) groups is 1. The second kappa shape index (κ2) is 7.47. The van der Waals surface area contributed by atoms with Gasteiger partial charge in [0.25, 0.3) is 5.56 Å². The molecule has 0 saturated carbocycles. The van der Waals surface area contributed by atoms with Gasteiger partial charge in [-0.2, -0.15) is 4.98 Å². The molecule has 0 unspecified atom stereocenters. The van der Waals surface area contributed by atoms with E-state index >= 15 is 0 Å². The van der Waals surface area contributed by atoms with E-state index in [0.29, 0.717) is 5.56 Å². The molecule has 4 rings (SSSR count). The number of benzene rings is 2. The highest BCUT2D eigenvalue weighted by Crippen LogP contribution is 2.18. The Hall–Kier alpha value is -3.94. The van der Waals surface area contributed by atoms with E-state index in [-0.39, 0.29) is 29.4 Å². The third-order valence-electron chi connectivity index (χ3n) is 5.05. The summed E-state index contributed by atoms with van der Waals surface area (Å²) in [5.41, 5.74) is 2.17. The fourth-order valence-corrected chi connectivity index (χ4v) is 3.29. The quantitative estimate of drug-likeness (QED) is 0.529. The van der Waals surface area contributed by atoms with Gasteiger partial charge in [-0.25, -0.2) is 9.79 Å². The molecule has 0 saturated heterocycles. The van der Waals surface area contributed by atoms with Crippen LogP contribution in [0, 0.1) is 6.92 Å². The maximum atomic E-state index is 13.1. The minimum atomic E-state index is -0.442. The zero-order valence-electron chi connectivity index (χ0n) is 16.9. The molecule has 8 nitrogen and oxygen atoms in total. The Kier molecular flexibility index (Phi) is 4.83. The lowest BCUT2D eigenvalue weighted by molar-refractivity contribution is 0.474. The summed E-state index contributed by atoms with van der Waals surface area (Å²) in [5, 5.41) is 9.90. The Morgan fingerprint density at radius 3 is 2.43 bits per heavy atom. The lowest BCUT2D eigenvalue weighted by Crippen LogP contribution is -2.39. The van der Waals surface area contributed by atoms with Crippen LogP contribution in [0.4, 0.5) is 5.95 Å². The lowest BCUT2D eigenvalue weighted by atomic mass is 10.1. The average molecular weight is 403 g/mol. The Morgan fingerprint density at radius 2 is 1.73 bits per heavy atom. The molecule has 152 valence electrons. The van der Waals surface area contributed by atoms with Gasteiger partial charge >= 0.3 is 5.69 Å². The zero-order chi connectivity index (χ0) is 21.4. The van der Waals surface area contributed by atoms with Crippen LogP contribution in [0.5, 0.6) is 5.75 Å². The maximum Gasteiger partial charge on any atom is 0.332 e. The van der Waals surface area contributed by atoms with Crippen molar-refractivity contribution in [2.45, 2.75) is 13.5 Å². The number of aromatic nitrogens is 4. The normalized spacial score (nSPS) is 11.6. The third kappa shape index (κ3) is 3.32. The highest BCUT2D eigenvalue weighted by Gasteiger charge is 2.18. The van der Waals surface area contributed by atoms with Gasteiger partial charge in [0.1, 0.15) is 5.75 Å². The van der Waals surface area contributed by atoms with E-state index in [1.807, 2.05) is 31.2 Å². The fourth-order valence-electron chi connectivity index (χ4n) is 3.29. The van der Waals surface area contributed by atoms with Crippen molar-refractivity contribution in [2.24, 2.45) is 19.1 Å². The number of rotatable bonds is 4. The highest BCUT2D eigenvalue weighted by atomic mass is 16.3. The van der Waals surface area contributed by atoms with E-state index in [2.05, 4.69) is 9.98 Å². The predicted octanol–water partition coefficient (Wildman–Crippen LogP) is 2.25. The predicted molar refractivity (Wildman–Crippen MR) is 116 cm³/mol. The molecule has 1 N–H and O–H groups in total. The van der Waals surface area contributed by atoms with Crippen molar-refractivity contribution in [3.63, 3.8) is 0 Å². The standard InChI is InChI=1S/C22H21N5O3/c1-14-8-10-15(11-9-14)13-27-20(29)18-19(26(3)22(27)30)24-21(25(18)2)23-12-16-6-4-5-7-17(16)28/h4-12,28H,13H2,1-3H3. The molecule has 30 heavy (non-hydrogen) atoms. The molecular weight excluding hydrogens is 382 g/mol. The molecular formula is C22H21N5O3. The maximum absolute atomic E-state index is 13.1. The Morgan fingerprint density at radius 1 is 1.03 bits per heavy atom. The van der Waals surface area contributed by atoms with E-state index < -0.39 is 11.2 Å². The molecule has 0 bridgehead atoms. The number of nitrogens with zero attached hydrogens (tertiary/aromatic N) is 5. The summed E-state index contributed by atoms with van der Waals surface area (Å²) in [5.74, 6) is 0.348. The SMILES string of the molecule is Cc1ccc(Cn2c(=O)c3c(nc(N=Cc4ccccc4O)n3C)n(C)c2=O)cc1. The van der Waals surface area contributed by atoms with Crippen molar-refractivity contribution in [1.29, 1.82) is 0 Å². The van der Waals surface area contributed by atoms with Crippen LogP contribution in [0.3, 0.4) is 0 Å². The molecule has 2 aromatic heterocycles. The van der Waals surface area contributed by atoms with E-state index in [1.165, 1.54) is 15.3 Å². The van der Waals surface area contributed by atoms with Gasteiger partial charge in [-0.05, 0) is 24.6 Å². The van der Waals surface area contributed by atoms with Crippen LogP contribution in [0.25, 0.3) is 11.2 Å². The zero-order valence-corrected chi connectivity index (χ0v) is 16.9. The first-order chi connectivity index (χ1) is 14.4. The van der Waals surface area contributed by atoms with Gasteiger partial charge in [-0.3, -0.25) is 13.9 Å². The number of phenols is 1. The summed E-state index contributed by atoms with van der Waals surface area (Å²) in [4.78, 5) is 34.6. The number of aromatic hydroxyl groups is 1. The molecule has 0 aliphatic carbocycles. The van der Waals surface area contributed by atoms with Crippen molar-refractivity contribution < 1.29 is 5.11 Å². The number of aryl methyl sites for hydroxylation is 3. The minimum absolute atomic E-state index is 0.0906. The number of para-hydroxylation sites is 1. The van der Waals surface area contributed by atoms with Crippen LogP contribution < -0.4 is 11.2 Å². The van der Waals surface area contributed by atoms with Crippen molar-refractivity contribution in [3.05, 3.63) is 86.1 Å². The fraction of sp³-hybridized carbons (Fsp3) is 0.182. The number of hydrogen-bond donors (Lipinski definition) is 1. The smallest absolute Gasteiger partial charge is 0.332 e. The summed E-state index contributed by atoms with van der Waals surface area (Å²) >= 11 is 0. The molecule has 0 aliphatic heterocycles. The second-order valence-electron chi connectivity index (χ2n) is 7.18. The number of imidazole rings is 1. The van der Waals surface area contributed by atoms with E-state index in [1.54, 1.807) is 42.9 Å². The van der Waals surface area contributed by atoms with Gasteiger partial charge in [0.15, 0.2) is 11.2 Å². The van der Waals surface area contributed by atoms with Gasteiger partial charge in [-0.15, -0.1) is 0 Å². The van der Waals surface area contributed by atoms with Gasteiger partial charge in [0.05, 0.1) is 6.54 Å². The van der Waals surface area contributed by atoms with Crippen molar-refractivity contribution in [1.82, 2.24) is 18.7 Å². The Bertz CT molecular complexity index is 1390. The molecule has 0 radical (unpaired) electrons. The number of fused-ring (bicyclic) bond motifs is 1. The molecule has 8 heteroatoms. The van der Waals surface area contributed by atoms with Crippen LogP contribution in [-0.2, 0) is 20.6 Å². The molecule has 2 aromatic carbocycles. The highest BCUT2D eigenvalue weighted by molar-refractivity contribution is 5.85. The van der Waals surface area contributed by atoms with Gasteiger partial charge in [0, 0.05) is 25.9 Å². The summed E-state index contributed by atoms with van der Waals surface area (Å²) in [7, 11) is 3.26. The van der Waals surface area contributed by atoms with Gasteiger partial charge in [0.2, 0.25) is 5.95 Å². The lowest BCUT2D eigenvalue weighted by Gasteiger charge is -2.09. The first kappa shape index (κ1) is 19.4. The minimum Gasteiger partial charge on any atom is -0.507 e. The van der Waals surface area contributed by atoms with E-state index in [0.717, 1.165) is 11.1 Å². The Balaban J connectivity index is 1.83. The van der Waals surface area contributed by atoms with Crippen LogP contribution in [0.2, 0.25) is 0 Å². The first-order valence-electron chi connectivity index (χ1n) is 9.40. The van der Waals surface area contributed by atoms with Gasteiger partial charge in [-0.1, -0.05) is 42.0 Å². The van der Waals surface area contributed by atoms with E-state index in [9.17, 15) is 14.7 Å². The molecule has 0 spiro atoms. The molecule has 2 heterocycles. The van der Waals surface area contributed by atoms with Crippen LogP contribution >= 0.6 is 0 Å². The monoisotopic (exact) mass is 403 g/mol. The summed E-state index contributed by atoms with van der Waals surface area (Å²) in [6, 6.07) is 14.5. The van der Waals surface area contributed by atoms with Crippen LogP contribution in [-0.4, -0.2) is 30.0 Å². The third-order valence-corrected chi connectivity index (χ3v) is 5.05. The van der Waals surface area contributed by atoms with Crippen LogP contribution in [0.15, 0.2) is 63.1 Å². The molecule has 0 amide bonds. The largest absolute Gasteiger partial charge is 0.507 e. The van der Waals surface area contributed by atoms with Crippen molar-refractivity contribution >= 4 is 23.3 Å². The molecule has 0 aliphatic rings. The number of phenolic OH excluding ortho intramolecular Hbond substituents is 1. The van der Waals surface area contributed by atoms with Crippen LogP contribution in [0.1, 0.15) is 16.7 Å².